The van der Waals surface area contributed by atoms with Crippen LogP contribution in [-0.4, -0.2) is 9.78 Å². The third-order valence-corrected chi connectivity index (χ3v) is 3.35. The molecule has 4 heteroatoms. The van der Waals surface area contributed by atoms with Crippen molar-refractivity contribution in [1.82, 2.24) is 9.78 Å². The number of aromatic nitrogens is 2. The third-order valence-electron chi connectivity index (χ3n) is 2.74. The van der Waals surface area contributed by atoms with Gasteiger partial charge in [0.15, 0.2) is 0 Å². The molecule has 1 aromatic carbocycles. The van der Waals surface area contributed by atoms with Gasteiger partial charge in [-0.3, -0.25) is 0 Å². The maximum atomic E-state index is 5.87. The van der Waals surface area contributed by atoms with Gasteiger partial charge in [-0.2, -0.15) is 5.10 Å². The Kier molecular flexibility index (Phi) is 3.01. The normalized spacial score (nSPS) is 10.7. The number of nitrogens with two attached hydrogens (primary N) is 1. The first-order chi connectivity index (χ1) is 7.58. The van der Waals surface area contributed by atoms with Crippen molar-refractivity contribution < 1.29 is 0 Å². The van der Waals surface area contributed by atoms with Crippen molar-refractivity contribution in [3.05, 3.63) is 45.6 Å². The first kappa shape index (κ1) is 11.2. The van der Waals surface area contributed by atoms with E-state index in [1.807, 2.05) is 0 Å². The molecule has 3 nitrogen and oxygen atoms in total. The minimum Gasteiger partial charge on any atom is -0.383 e. The minimum absolute atomic E-state index is 0.665. The molecule has 2 aromatic rings. The molecule has 0 unspecified atom stereocenters. The maximum Gasteiger partial charge on any atom is 0.136 e. The summed E-state index contributed by atoms with van der Waals surface area (Å²) in [5.74, 6) is 0.665. The van der Waals surface area contributed by atoms with Crippen molar-refractivity contribution in [3.63, 3.8) is 0 Å². The molecule has 0 saturated heterocycles. The summed E-state index contributed by atoms with van der Waals surface area (Å²) in [6.07, 6.45) is 1.72. The Labute approximate surface area is 103 Å². The topological polar surface area (TPSA) is 43.8 Å². The SMILES string of the molecule is Cc1ccc(Cn2ncc(Br)c2N)cc1C. The number of hydrogen-bond acceptors (Lipinski definition) is 2. The molecule has 2 N–H and O–H groups in total. The van der Waals surface area contributed by atoms with Crippen LogP contribution in [0, 0.1) is 13.8 Å². The highest BCUT2D eigenvalue weighted by Gasteiger charge is 2.05. The van der Waals surface area contributed by atoms with Crippen LogP contribution in [0.25, 0.3) is 0 Å². The molecular weight excluding hydrogens is 266 g/mol. The van der Waals surface area contributed by atoms with Crippen molar-refractivity contribution in [2.45, 2.75) is 20.4 Å². The minimum atomic E-state index is 0.665. The van der Waals surface area contributed by atoms with E-state index in [4.69, 9.17) is 5.73 Å². The van der Waals surface area contributed by atoms with E-state index in [0.29, 0.717) is 12.4 Å². The van der Waals surface area contributed by atoms with E-state index >= 15 is 0 Å². The molecular formula is C12H14BrN3. The highest BCUT2D eigenvalue weighted by molar-refractivity contribution is 9.10. The van der Waals surface area contributed by atoms with Crippen LogP contribution in [0.15, 0.2) is 28.9 Å². The summed E-state index contributed by atoms with van der Waals surface area (Å²) in [4.78, 5) is 0. The molecule has 0 atom stereocenters. The van der Waals surface area contributed by atoms with Crippen LogP contribution in [0.2, 0.25) is 0 Å². The van der Waals surface area contributed by atoms with Gasteiger partial charge in [-0.1, -0.05) is 18.2 Å². The van der Waals surface area contributed by atoms with Crippen molar-refractivity contribution >= 4 is 21.7 Å². The van der Waals surface area contributed by atoms with Gasteiger partial charge in [0, 0.05) is 0 Å². The number of hydrogen-bond donors (Lipinski definition) is 1. The van der Waals surface area contributed by atoms with Gasteiger partial charge in [-0.25, -0.2) is 4.68 Å². The van der Waals surface area contributed by atoms with E-state index in [-0.39, 0.29) is 0 Å². The molecule has 84 valence electrons. The molecule has 0 amide bonds. The van der Waals surface area contributed by atoms with Crippen molar-refractivity contribution in [2.75, 3.05) is 5.73 Å². The largest absolute Gasteiger partial charge is 0.383 e. The Morgan fingerprint density at radius 1 is 1.31 bits per heavy atom. The first-order valence-electron chi connectivity index (χ1n) is 5.11. The number of rotatable bonds is 2. The Hall–Kier alpha value is -1.29. The van der Waals surface area contributed by atoms with Gasteiger partial charge in [0.1, 0.15) is 5.82 Å². The van der Waals surface area contributed by atoms with Gasteiger partial charge >= 0.3 is 0 Å². The Balaban J connectivity index is 2.27. The first-order valence-corrected chi connectivity index (χ1v) is 5.90. The van der Waals surface area contributed by atoms with Gasteiger partial charge in [-0.15, -0.1) is 0 Å². The van der Waals surface area contributed by atoms with Crippen LogP contribution in [0.1, 0.15) is 16.7 Å². The fraction of sp³-hybridized carbons (Fsp3) is 0.250. The monoisotopic (exact) mass is 279 g/mol. The third kappa shape index (κ3) is 2.11. The Bertz CT molecular complexity index is 517. The molecule has 0 aliphatic carbocycles. The molecule has 0 bridgehead atoms. The quantitative estimate of drug-likeness (QED) is 0.919. The second-order valence-corrected chi connectivity index (χ2v) is 4.81. The van der Waals surface area contributed by atoms with Crippen LogP contribution in [-0.2, 0) is 6.54 Å². The average Bonchev–Trinajstić information content (AvgIpc) is 2.55. The lowest BCUT2D eigenvalue weighted by molar-refractivity contribution is 0.696. The molecule has 0 radical (unpaired) electrons. The standard InChI is InChI=1S/C12H14BrN3/c1-8-3-4-10(5-9(8)2)7-16-12(14)11(13)6-15-16/h3-6H,7,14H2,1-2H3. The van der Waals surface area contributed by atoms with Crippen LogP contribution < -0.4 is 5.73 Å². The summed E-state index contributed by atoms with van der Waals surface area (Å²) in [5.41, 5.74) is 9.68. The van der Waals surface area contributed by atoms with E-state index in [1.54, 1.807) is 10.9 Å². The summed E-state index contributed by atoms with van der Waals surface area (Å²) in [7, 11) is 0. The highest BCUT2D eigenvalue weighted by atomic mass is 79.9. The fourth-order valence-corrected chi connectivity index (χ4v) is 1.87. The molecule has 2 rings (SSSR count). The number of anilines is 1. The summed E-state index contributed by atoms with van der Waals surface area (Å²) in [6, 6.07) is 6.40. The molecule has 16 heavy (non-hydrogen) atoms. The smallest absolute Gasteiger partial charge is 0.136 e. The Morgan fingerprint density at radius 3 is 2.62 bits per heavy atom. The second kappa shape index (κ2) is 4.29. The summed E-state index contributed by atoms with van der Waals surface area (Å²) < 4.78 is 2.63. The highest BCUT2D eigenvalue weighted by Crippen LogP contribution is 2.19. The summed E-state index contributed by atoms with van der Waals surface area (Å²) >= 11 is 3.35. The van der Waals surface area contributed by atoms with Crippen molar-refractivity contribution in [3.8, 4) is 0 Å². The number of benzene rings is 1. The number of halogens is 1. The average molecular weight is 280 g/mol. The number of aryl methyl sites for hydroxylation is 2. The molecule has 0 spiro atoms. The van der Waals surface area contributed by atoms with Gasteiger partial charge in [0.2, 0.25) is 0 Å². The van der Waals surface area contributed by atoms with Crippen molar-refractivity contribution in [1.29, 1.82) is 0 Å². The van der Waals surface area contributed by atoms with E-state index in [0.717, 1.165) is 4.47 Å². The fourth-order valence-electron chi connectivity index (χ4n) is 1.57. The van der Waals surface area contributed by atoms with E-state index in [2.05, 4.69) is 53.1 Å². The number of nitrogen functional groups attached to an aromatic ring is 1. The zero-order valence-electron chi connectivity index (χ0n) is 9.37. The van der Waals surface area contributed by atoms with E-state index in [9.17, 15) is 0 Å². The molecule has 1 heterocycles. The zero-order valence-corrected chi connectivity index (χ0v) is 11.0. The predicted octanol–water partition coefficient (Wildman–Crippen LogP) is 2.89. The van der Waals surface area contributed by atoms with Gasteiger partial charge < -0.3 is 5.73 Å². The van der Waals surface area contributed by atoms with Crippen molar-refractivity contribution in [2.24, 2.45) is 0 Å². The van der Waals surface area contributed by atoms with Gasteiger partial charge in [0.05, 0.1) is 17.2 Å². The van der Waals surface area contributed by atoms with Gasteiger partial charge in [0.25, 0.3) is 0 Å². The summed E-state index contributed by atoms with van der Waals surface area (Å²) in [6.45, 7) is 4.93. The molecule has 0 fully saturated rings. The summed E-state index contributed by atoms with van der Waals surface area (Å²) in [5, 5.41) is 4.21. The number of nitrogens with zero attached hydrogens (tertiary/aromatic N) is 2. The van der Waals surface area contributed by atoms with Crippen LogP contribution in [0.5, 0.6) is 0 Å². The van der Waals surface area contributed by atoms with Crippen LogP contribution >= 0.6 is 15.9 Å². The molecule has 0 saturated carbocycles. The van der Waals surface area contributed by atoms with Gasteiger partial charge in [-0.05, 0) is 46.5 Å². The molecule has 0 aliphatic rings. The predicted molar refractivity (Wildman–Crippen MR) is 69.4 cm³/mol. The maximum absolute atomic E-state index is 5.87. The Morgan fingerprint density at radius 2 is 2.06 bits per heavy atom. The molecule has 1 aromatic heterocycles. The lowest BCUT2D eigenvalue weighted by Crippen LogP contribution is -2.06. The second-order valence-electron chi connectivity index (χ2n) is 3.95. The zero-order chi connectivity index (χ0) is 11.7. The van der Waals surface area contributed by atoms with E-state index < -0.39 is 0 Å². The lowest BCUT2D eigenvalue weighted by Gasteiger charge is -2.07. The van der Waals surface area contributed by atoms with E-state index in [1.165, 1.54) is 16.7 Å². The lowest BCUT2D eigenvalue weighted by atomic mass is 10.1. The molecule has 0 aliphatic heterocycles. The van der Waals surface area contributed by atoms with Crippen LogP contribution in [0.3, 0.4) is 0 Å². The van der Waals surface area contributed by atoms with Crippen LogP contribution in [0.4, 0.5) is 5.82 Å².